The summed E-state index contributed by atoms with van der Waals surface area (Å²) >= 11 is 1.46. The van der Waals surface area contributed by atoms with Crippen LogP contribution in [0.1, 0.15) is 24.5 Å². The fourth-order valence-electron chi connectivity index (χ4n) is 2.19. The Morgan fingerprint density at radius 3 is 2.86 bits per heavy atom. The molecule has 2 atom stereocenters. The number of hydrogen-bond donors (Lipinski definition) is 3. The van der Waals surface area contributed by atoms with E-state index in [9.17, 15) is 9.59 Å². The molecule has 1 aromatic rings. The second-order valence-corrected chi connectivity index (χ2v) is 6.61. The van der Waals surface area contributed by atoms with Gasteiger partial charge in [0.15, 0.2) is 0 Å². The molecule has 21 heavy (non-hydrogen) atoms. The Bertz CT molecular complexity index is 548. The molecule has 0 saturated carbocycles. The van der Waals surface area contributed by atoms with E-state index in [2.05, 4.69) is 16.0 Å². The van der Waals surface area contributed by atoms with Crippen molar-refractivity contribution >= 4 is 29.4 Å². The number of nitrogens with one attached hydrogen (secondary N) is 3. The molecule has 0 aromatic heterocycles. The molecule has 1 aliphatic rings. The molecular formula is C15H21N3O2S. The van der Waals surface area contributed by atoms with Crippen LogP contribution in [-0.2, 0) is 4.79 Å². The standard InChI is InChI=1S/C15H21N3O2S/c1-9-4-5-10(2)12(6-9)17-13(19)8-21-14-7-11(3)16-15(20)18-14/h4-6,11,14H,7-8H2,1-3H3,(H,17,19)(H2,16,18,20). The third-order valence-electron chi connectivity index (χ3n) is 3.32. The third kappa shape index (κ3) is 4.67. The van der Waals surface area contributed by atoms with E-state index in [-0.39, 0.29) is 23.4 Å². The molecule has 0 spiro atoms. The smallest absolute Gasteiger partial charge is 0.315 e. The molecule has 1 fully saturated rings. The predicted molar refractivity (Wildman–Crippen MR) is 86.5 cm³/mol. The molecule has 2 unspecified atom stereocenters. The first kappa shape index (κ1) is 15.7. The lowest BCUT2D eigenvalue weighted by Gasteiger charge is -2.28. The van der Waals surface area contributed by atoms with Crippen molar-refractivity contribution in [1.29, 1.82) is 0 Å². The fourth-order valence-corrected chi connectivity index (χ4v) is 3.23. The van der Waals surface area contributed by atoms with Gasteiger partial charge in [0.25, 0.3) is 0 Å². The Kier molecular flexibility index (Phi) is 5.12. The van der Waals surface area contributed by atoms with Gasteiger partial charge in [-0.25, -0.2) is 4.79 Å². The Morgan fingerprint density at radius 1 is 1.38 bits per heavy atom. The third-order valence-corrected chi connectivity index (χ3v) is 4.46. The van der Waals surface area contributed by atoms with E-state index < -0.39 is 0 Å². The van der Waals surface area contributed by atoms with Crippen LogP contribution in [0.4, 0.5) is 10.5 Å². The SMILES string of the molecule is Cc1ccc(C)c(NC(=O)CSC2CC(C)NC(=O)N2)c1. The molecule has 114 valence electrons. The van der Waals surface area contributed by atoms with Gasteiger partial charge in [-0.05, 0) is 44.4 Å². The number of rotatable bonds is 4. The topological polar surface area (TPSA) is 70.2 Å². The molecule has 3 N–H and O–H groups in total. The van der Waals surface area contributed by atoms with Crippen LogP contribution in [-0.4, -0.2) is 29.1 Å². The van der Waals surface area contributed by atoms with Gasteiger partial charge >= 0.3 is 6.03 Å². The number of thioether (sulfide) groups is 1. The van der Waals surface area contributed by atoms with Gasteiger partial charge in [0, 0.05) is 11.7 Å². The molecule has 1 heterocycles. The fraction of sp³-hybridized carbons (Fsp3) is 0.467. The summed E-state index contributed by atoms with van der Waals surface area (Å²) in [6.07, 6.45) is 0.813. The van der Waals surface area contributed by atoms with Crippen LogP contribution in [0.3, 0.4) is 0 Å². The minimum absolute atomic E-state index is 0.0156. The molecule has 0 bridgehead atoms. The molecule has 1 saturated heterocycles. The normalized spacial score (nSPS) is 21.4. The van der Waals surface area contributed by atoms with Crippen molar-refractivity contribution in [2.24, 2.45) is 0 Å². The molecule has 5 nitrogen and oxygen atoms in total. The van der Waals surface area contributed by atoms with Gasteiger partial charge < -0.3 is 16.0 Å². The van der Waals surface area contributed by atoms with Gasteiger partial charge in [-0.1, -0.05) is 12.1 Å². The predicted octanol–water partition coefficient (Wildman–Crippen LogP) is 2.39. The van der Waals surface area contributed by atoms with Crippen molar-refractivity contribution in [2.45, 2.75) is 38.6 Å². The van der Waals surface area contributed by atoms with Crippen LogP contribution < -0.4 is 16.0 Å². The van der Waals surface area contributed by atoms with Crippen molar-refractivity contribution in [1.82, 2.24) is 10.6 Å². The maximum Gasteiger partial charge on any atom is 0.315 e. The lowest BCUT2D eigenvalue weighted by molar-refractivity contribution is -0.113. The van der Waals surface area contributed by atoms with Gasteiger partial charge in [0.1, 0.15) is 0 Å². The van der Waals surface area contributed by atoms with Crippen molar-refractivity contribution in [3.63, 3.8) is 0 Å². The van der Waals surface area contributed by atoms with Crippen molar-refractivity contribution in [2.75, 3.05) is 11.1 Å². The van der Waals surface area contributed by atoms with Crippen LogP contribution in [0.15, 0.2) is 18.2 Å². The Balaban J connectivity index is 1.84. The summed E-state index contributed by atoms with van der Waals surface area (Å²) in [5, 5.41) is 8.52. The first-order chi connectivity index (χ1) is 9.94. The number of carbonyl (C=O) groups excluding carboxylic acids is 2. The maximum absolute atomic E-state index is 12.0. The highest BCUT2D eigenvalue weighted by Crippen LogP contribution is 2.19. The highest BCUT2D eigenvalue weighted by molar-refractivity contribution is 8.00. The van der Waals surface area contributed by atoms with Crippen LogP contribution in [0.2, 0.25) is 0 Å². The van der Waals surface area contributed by atoms with Gasteiger partial charge in [-0.15, -0.1) is 11.8 Å². The molecule has 6 heteroatoms. The Hall–Kier alpha value is -1.69. The van der Waals surface area contributed by atoms with Gasteiger partial charge in [0.05, 0.1) is 11.1 Å². The number of aryl methyl sites for hydroxylation is 2. The Labute approximate surface area is 129 Å². The van der Waals surface area contributed by atoms with E-state index in [1.165, 1.54) is 11.8 Å². The van der Waals surface area contributed by atoms with E-state index in [1.54, 1.807) is 0 Å². The highest BCUT2D eigenvalue weighted by Gasteiger charge is 2.23. The van der Waals surface area contributed by atoms with Gasteiger partial charge in [-0.3, -0.25) is 4.79 Å². The Morgan fingerprint density at radius 2 is 2.14 bits per heavy atom. The lowest BCUT2D eigenvalue weighted by Crippen LogP contribution is -2.52. The summed E-state index contributed by atoms with van der Waals surface area (Å²) in [6, 6.07) is 5.95. The van der Waals surface area contributed by atoms with Crippen LogP contribution >= 0.6 is 11.8 Å². The number of urea groups is 1. The zero-order chi connectivity index (χ0) is 15.4. The summed E-state index contributed by atoms with van der Waals surface area (Å²) in [6.45, 7) is 5.93. The van der Waals surface area contributed by atoms with Crippen molar-refractivity contribution in [3.8, 4) is 0 Å². The zero-order valence-corrected chi connectivity index (χ0v) is 13.3. The number of anilines is 1. The van der Waals surface area contributed by atoms with E-state index in [0.717, 1.165) is 23.2 Å². The minimum Gasteiger partial charge on any atom is -0.336 e. The summed E-state index contributed by atoms with van der Waals surface area (Å²) in [7, 11) is 0. The number of amides is 3. The monoisotopic (exact) mass is 307 g/mol. The average molecular weight is 307 g/mol. The van der Waals surface area contributed by atoms with Gasteiger partial charge in [-0.2, -0.15) is 0 Å². The average Bonchev–Trinajstić information content (AvgIpc) is 2.40. The van der Waals surface area contributed by atoms with Crippen molar-refractivity contribution in [3.05, 3.63) is 29.3 Å². The second-order valence-electron chi connectivity index (χ2n) is 5.42. The van der Waals surface area contributed by atoms with Gasteiger partial charge in [0.2, 0.25) is 5.91 Å². The molecule has 1 aromatic carbocycles. The minimum atomic E-state index is -0.166. The largest absolute Gasteiger partial charge is 0.336 e. The van der Waals surface area contributed by atoms with E-state index in [1.807, 2.05) is 39.0 Å². The van der Waals surface area contributed by atoms with Crippen LogP contribution in [0.25, 0.3) is 0 Å². The summed E-state index contributed by atoms with van der Waals surface area (Å²) in [5.74, 6) is 0.277. The van der Waals surface area contributed by atoms with Crippen molar-refractivity contribution < 1.29 is 9.59 Å². The van der Waals surface area contributed by atoms with Crippen LogP contribution in [0.5, 0.6) is 0 Å². The molecule has 0 aliphatic carbocycles. The quantitative estimate of drug-likeness (QED) is 0.800. The van der Waals surface area contributed by atoms with E-state index in [4.69, 9.17) is 0 Å². The summed E-state index contributed by atoms with van der Waals surface area (Å²) in [5.41, 5.74) is 3.01. The highest BCUT2D eigenvalue weighted by atomic mass is 32.2. The first-order valence-electron chi connectivity index (χ1n) is 7.00. The van der Waals surface area contributed by atoms with E-state index >= 15 is 0 Å². The first-order valence-corrected chi connectivity index (χ1v) is 8.04. The number of hydrogen-bond acceptors (Lipinski definition) is 3. The van der Waals surface area contributed by atoms with E-state index in [0.29, 0.717) is 5.75 Å². The lowest BCUT2D eigenvalue weighted by atomic mass is 10.1. The van der Waals surface area contributed by atoms with Crippen LogP contribution in [0, 0.1) is 13.8 Å². The summed E-state index contributed by atoms with van der Waals surface area (Å²) < 4.78 is 0. The molecular weight excluding hydrogens is 286 g/mol. The summed E-state index contributed by atoms with van der Waals surface area (Å²) in [4.78, 5) is 23.4. The maximum atomic E-state index is 12.0. The zero-order valence-electron chi connectivity index (χ0n) is 12.5. The number of benzene rings is 1. The molecule has 3 amide bonds. The molecule has 0 radical (unpaired) electrons. The number of carbonyl (C=O) groups is 2. The second kappa shape index (κ2) is 6.85. The molecule has 1 aliphatic heterocycles. The molecule has 2 rings (SSSR count).